The van der Waals surface area contributed by atoms with Crippen molar-refractivity contribution in [2.45, 2.75) is 20.0 Å². The van der Waals surface area contributed by atoms with Crippen molar-refractivity contribution in [1.82, 2.24) is 5.32 Å². The molecule has 0 radical (unpaired) electrons. The number of nitrogens with zero attached hydrogens (tertiary/aromatic N) is 1. The number of rotatable bonds is 6. The van der Waals surface area contributed by atoms with E-state index in [1.807, 2.05) is 13.8 Å². The number of benzene rings is 2. The van der Waals surface area contributed by atoms with Crippen LogP contribution in [0.4, 0.5) is 5.69 Å². The number of thiocarbonyl (C=S) groups is 1. The van der Waals surface area contributed by atoms with E-state index >= 15 is 0 Å². The third-order valence-corrected chi connectivity index (χ3v) is 5.22. The van der Waals surface area contributed by atoms with Crippen LogP contribution in [0.25, 0.3) is 6.08 Å². The van der Waals surface area contributed by atoms with Gasteiger partial charge >= 0.3 is 0 Å². The monoisotopic (exact) mass is 504 g/mol. The Morgan fingerprint density at radius 3 is 2.42 bits per heavy atom. The number of carbonyl (C=O) groups is 2. The number of methoxy groups -OCH3 is 2. The highest BCUT2D eigenvalue weighted by Gasteiger charge is 2.35. The zero-order valence-electron chi connectivity index (χ0n) is 17.4. The minimum absolute atomic E-state index is 0.0175. The number of hydrogen-bond acceptors (Lipinski definition) is 6. The molecule has 1 aliphatic heterocycles. The van der Waals surface area contributed by atoms with Crippen molar-refractivity contribution in [2.75, 3.05) is 19.1 Å². The Kier molecular flexibility index (Phi) is 6.97. The summed E-state index contributed by atoms with van der Waals surface area (Å²) in [5, 5.41) is 2.55. The Morgan fingerprint density at radius 2 is 1.77 bits per heavy atom. The van der Waals surface area contributed by atoms with Gasteiger partial charge in [0.2, 0.25) is 0 Å². The lowest BCUT2D eigenvalue weighted by Gasteiger charge is -2.29. The average molecular weight is 505 g/mol. The molecule has 7 nitrogen and oxygen atoms in total. The second kappa shape index (κ2) is 9.49. The molecule has 0 saturated carbocycles. The van der Waals surface area contributed by atoms with Crippen LogP contribution >= 0.6 is 28.1 Å². The summed E-state index contributed by atoms with van der Waals surface area (Å²) < 4.78 is 17.2. The second-order valence-corrected chi connectivity index (χ2v) is 8.07. The van der Waals surface area contributed by atoms with Crippen molar-refractivity contribution in [3.63, 3.8) is 0 Å². The van der Waals surface area contributed by atoms with E-state index in [1.54, 1.807) is 36.4 Å². The molecule has 0 aromatic heterocycles. The fraction of sp³-hybridized carbons (Fsp3) is 0.227. The largest absolute Gasteiger partial charge is 0.495 e. The molecular weight excluding hydrogens is 484 g/mol. The van der Waals surface area contributed by atoms with Gasteiger partial charge in [-0.2, -0.15) is 0 Å². The van der Waals surface area contributed by atoms with Crippen molar-refractivity contribution < 1.29 is 23.8 Å². The second-order valence-electron chi connectivity index (χ2n) is 6.83. The number of halogens is 1. The van der Waals surface area contributed by atoms with E-state index in [4.69, 9.17) is 26.4 Å². The zero-order valence-corrected chi connectivity index (χ0v) is 19.8. The fourth-order valence-corrected chi connectivity index (χ4v) is 3.86. The van der Waals surface area contributed by atoms with Gasteiger partial charge in [-0.25, -0.2) is 4.90 Å². The molecule has 1 fully saturated rings. The molecule has 0 bridgehead atoms. The van der Waals surface area contributed by atoms with Gasteiger partial charge in [-0.05, 0) is 77.9 Å². The molecule has 2 aromatic carbocycles. The van der Waals surface area contributed by atoms with Crippen LogP contribution in [-0.4, -0.2) is 37.3 Å². The molecular formula is C22H21BrN2O5S. The summed E-state index contributed by atoms with van der Waals surface area (Å²) in [5.74, 6) is 0.314. The van der Waals surface area contributed by atoms with Gasteiger partial charge in [0, 0.05) is 0 Å². The standard InChI is InChI=1S/C22H21BrN2O5S/c1-12(2)30-19-15(23)10-13(11-18(19)29-4)9-14-20(26)24-22(31)25(21(14)27)16-7-5-6-8-17(16)28-3/h5-12H,1-4H3,(H,24,26,31)/b14-9+. The minimum Gasteiger partial charge on any atom is -0.495 e. The Labute approximate surface area is 194 Å². The van der Waals surface area contributed by atoms with Gasteiger partial charge in [0.05, 0.1) is 30.5 Å². The van der Waals surface area contributed by atoms with E-state index in [9.17, 15) is 9.59 Å². The van der Waals surface area contributed by atoms with Crippen LogP contribution in [-0.2, 0) is 9.59 Å². The van der Waals surface area contributed by atoms with E-state index in [2.05, 4.69) is 21.2 Å². The smallest absolute Gasteiger partial charge is 0.270 e. The number of amides is 2. The molecule has 1 N–H and O–H groups in total. The number of anilines is 1. The number of hydrogen-bond donors (Lipinski definition) is 1. The Balaban J connectivity index is 2.05. The van der Waals surface area contributed by atoms with Crippen molar-refractivity contribution in [3.05, 3.63) is 52.0 Å². The number of nitrogens with one attached hydrogen (secondary N) is 1. The lowest BCUT2D eigenvalue weighted by atomic mass is 10.1. The highest BCUT2D eigenvalue weighted by atomic mass is 79.9. The fourth-order valence-electron chi connectivity index (χ4n) is 3.03. The van der Waals surface area contributed by atoms with Crippen molar-refractivity contribution in [2.24, 2.45) is 0 Å². The number of ether oxygens (including phenoxy) is 3. The van der Waals surface area contributed by atoms with Crippen LogP contribution < -0.4 is 24.4 Å². The van der Waals surface area contributed by atoms with Gasteiger partial charge in [-0.3, -0.25) is 14.9 Å². The van der Waals surface area contributed by atoms with E-state index in [0.29, 0.717) is 33.0 Å². The summed E-state index contributed by atoms with van der Waals surface area (Å²) in [7, 11) is 3.02. The van der Waals surface area contributed by atoms with Gasteiger partial charge in [-0.15, -0.1) is 0 Å². The molecule has 9 heteroatoms. The molecule has 2 aromatic rings. The summed E-state index contributed by atoms with van der Waals surface area (Å²) >= 11 is 8.72. The van der Waals surface area contributed by atoms with Crippen molar-refractivity contribution in [3.8, 4) is 17.2 Å². The number of carbonyl (C=O) groups excluding carboxylic acids is 2. The average Bonchev–Trinajstić information content (AvgIpc) is 2.72. The first kappa shape index (κ1) is 22.8. The molecule has 162 valence electrons. The van der Waals surface area contributed by atoms with Gasteiger partial charge < -0.3 is 14.2 Å². The van der Waals surface area contributed by atoms with Crippen LogP contribution in [0.15, 0.2) is 46.4 Å². The van der Waals surface area contributed by atoms with Crippen LogP contribution in [0.1, 0.15) is 19.4 Å². The molecule has 1 aliphatic rings. The quantitative estimate of drug-likeness (QED) is 0.362. The van der Waals surface area contributed by atoms with Crippen molar-refractivity contribution >= 4 is 56.8 Å². The van der Waals surface area contributed by atoms with E-state index in [-0.39, 0.29) is 16.8 Å². The molecule has 0 atom stereocenters. The van der Waals surface area contributed by atoms with E-state index in [1.165, 1.54) is 25.2 Å². The summed E-state index contributed by atoms with van der Waals surface area (Å²) in [4.78, 5) is 27.1. The topological polar surface area (TPSA) is 77.1 Å². The molecule has 0 spiro atoms. The van der Waals surface area contributed by atoms with Crippen LogP contribution in [0.5, 0.6) is 17.2 Å². The summed E-state index contributed by atoms with van der Waals surface area (Å²) in [5.41, 5.74) is 0.933. The zero-order chi connectivity index (χ0) is 22.7. The first-order valence-electron chi connectivity index (χ1n) is 9.35. The lowest BCUT2D eigenvalue weighted by molar-refractivity contribution is -0.122. The Bertz CT molecular complexity index is 1080. The molecule has 1 saturated heterocycles. The third kappa shape index (κ3) is 4.72. The minimum atomic E-state index is -0.584. The van der Waals surface area contributed by atoms with Gasteiger partial charge in [0.1, 0.15) is 11.3 Å². The molecule has 0 aliphatic carbocycles. The lowest BCUT2D eigenvalue weighted by Crippen LogP contribution is -2.54. The highest BCUT2D eigenvalue weighted by Crippen LogP contribution is 2.38. The number of para-hydroxylation sites is 2. The maximum Gasteiger partial charge on any atom is 0.270 e. The van der Waals surface area contributed by atoms with E-state index in [0.717, 1.165) is 0 Å². The maximum atomic E-state index is 13.3. The van der Waals surface area contributed by atoms with Crippen LogP contribution in [0, 0.1) is 0 Å². The Hall–Kier alpha value is -2.91. The highest BCUT2D eigenvalue weighted by molar-refractivity contribution is 9.10. The summed E-state index contributed by atoms with van der Waals surface area (Å²) in [6, 6.07) is 10.4. The molecule has 2 amide bonds. The summed E-state index contributed by atoms with van der Waals surface area (Å²) in [6.45, 7) is 3.81. The molecule has 3 rings (SSSR count). The van der Waals surface area contributed by atoms with Gasteiger partial charge in [-0.1, -0.05) is 12.1 Å². The van der Waals surface area contributed by atoms with E-state index < -0.39 is 11.8 Å². The SMILES string of the molecule is COc1ccccc1N1C(=O)/C(=C/c2cc(Br)c(OC(C)C)c(OC)c2)C(=O)NC1=S. The maximum absolute atomic E-state index is 13.3. The van der Waals surface area contributed by atoms with Gasteiger partial charge in [0.25, 0.3) is 11.8 Å². The predicted octanol–water partition coefficient (Wildman–Crippen LogP) is 4.08. The third-order valence-electron chi connectivity index (χ3n) is 4.34. The van der Waals surface area contributed by atoms with Crippen molar-refractivity contribution in [1.29, 1.82) is 0 Å². The Morgan fingerprint density at radius 1 is 1.10 bits per heavy atom. The van der Waals surface area contributed by atoms with Gasteiger partial charge in [0.15, 0.2) is 16.6 Å². The first-order chi connectivity index (χ1) is 14.8. The molecule has 0 unspecified atom stereocenters. The van der Waals surface area contributed by atoms with Crippen LogP contribution in [0.3, 0.4) is 0 Å². The normalized spacial score (nSPS) is 15.4. The molecule has 31 heavy (non-hydrogen) atoms. The predicted molar refractivity (Wildman–Crippen MR) is 126 cm³/mol. The van der Waals surface area contributed by atoms with Crippen LogP contribution in [0.2, 0.25) is 0 Å². The molecule has 1 heterocycles. The first-order valence-corrected chi connectivity index (χ1v) is 10.6. The summed E-state index contributed by atoms with van der Waals surface area (Å²) in [6.07, 6.45) is 1.42.